The fourth-order valence-electron chi connectivity index (χ4n) is 0.426. The molecule has 0 atom stereocenters. The molecule has 2 N–H and O–H groups in total. The molecule has 0 spiro atoms. The van der Waals surface area contributed by atoms with Gasteiger partial charge in [-0.2, -0.15) is 5.10 Å². The molecule has 0 unspecified atom stereocenters. The van der Waals surface area contributed by atoms with Crippen LogP contribution in [0.15, 0.2) is 5.10 Å². The van der Waals surface area contributed by atoms with E-state index < -0.39 is 0 Å². The molecule has 0 fully saturated rings. The lowest BCUT2D eigenvalue weighted by Gasteiger charge is -1.89. The molecule has 42 valence electrons. The Kier molecular flexibility index (Phi) is 3.38. The maximum atomic E-state index is 4.95. The predicted molar refractivity (Wildman–Crippen MR) is 32.2 cm³/mol. The van der Waals surface area contributed by atoms with Crippen LogP contribution in [-0.2, 0) is 0 Å². The molecule has 0 aliphatic heterocycles. The summed E-state index contributed by atoms with van der Waals surface area (Å²) in [5, 5.41) is 3.49. The van der Waals surface area contributed by atoms with E-state index in [4.69, 9.17) is 5.84 Å². The van der Waals surface area contributed by atoms with Gasteiger partial charge in [-0.15, -0.1) is 0 Å². The number of rotatable bonds is 2. The Labute approximate surface area is 44.4 Å². The second-order valence-corrected chi connectivity index (χ2v) is 1.61. The van der Waals surface area contributed by atoms with E-state index in [1.165, 1.54) is 0 Å². The lowest BCUT2D eigenvalue weighted by atomic mass is 10.2. The lowest BCUT2D eigenvalue weighted by molar-refractivity contribution is 0.977. The number of nitrogens with zero attached hydrogens (tertiary/aromatic N) is 1. The van der Waals surface area contributed by atoms with Crippen molar-refractivity contribution in [2.75, 3.05) is 0 Å². The third kappa shape index (κ3) is 3.30. The Morgan fingerprint density at radius 2 is 2.29 bits per heavy atom. The van der Waals surface area contributed by atoms with Crippen molar-refractivity contribution in [2.45, 2.75) is 26.7 Å². The van der Waals surface area contributed by atoms with E-state index >= 15 is 0 Å². The van der Waals surface area contributed by atoms with Crippen molar-refractivity contribution in [1.82, 2.24) is 0 Å². The second-order valence-electron chi connectivity index (χ2n) is 1.61. The Bertz CT molecular complexity index is 66.5. The quantitative estimate of drug-likeness (QED) is 0.315. The zero-order chi connectivity index (χ0) is 5.70. The maximum Gasteiger partial charge on any atom is 0.0344 e. The molecule has 0 aliphatic rings. The van der Waals surface area contributed by atoms with Crippen LogP contribution in [-0.4, -0.2) is 5.71 Å². The average Bonchev–Trinajstić information content (AvgIpc) is 1.68. The van der Waals surface area contributed by atoms with Crippen molar-refractivity contribution >= 4 is 5.71 Å². The van der Waals surface area contributed by atoms with Gasteiger partial charge in [-0.1, -0.05) is 13.3 Å². The average molecular weight is 100 g/mol. The molecular formula is C5H12N2. The van der Waals surface area contributed by atoms with Gasteiger partial charge in [0.15, 0.2) is 0 Å². The molecule has 0 amide bonds. The van der Waals surface area contributed by atoms with Gasteiger partial charge < -0.3 is 5.84 Å². The topological polar surface area (TPSA) is 38.4 Å². The Morgan fingerprint density at radius 1 is 1.71 bits per heavy atom. The highest BCUT2D eigenvalue weighted by Crippen LogP contribution is 1.87. The smallest absolute Gasteiger partial charge is 0.0344 e. The zero-order valence-corrected chi connectivity index (χ0v) is 4.94. The molecule has 0 bridgehead atoms. The third-order valence-corrected chi connectivity index (χ3v) is 0.832. The summed E-state index contributed by atoms with van der Waals surface area (Å²) < 4.78 is 0. The molecule has 2 nitrogen and oxygen atoms in total. The Balaban J connectivity index is 3.17. The van der Waals surface area contributed by atoms with Crippen molar-refractivity contribution in [1.29, 1.82) is 0 Å². The number of hydrogen-bond acceptors (Lipinski definition) is 2. The van der Waals surface area contributed by atoms with Crippen LogP contribution >= 0.6 is 0 Å². The summed E-state index contributed by atoms with van der Waals surface area (Å²) >= 11 is 0. The monoisotopic (exact) mass is 100 g/mol. The summed E-state index contributed by atoms with van der Waals surface area (Å²) in [6, 6.07) is 0. The predicted octanol–water partition coefficient (Wildman–Crippen LogP) is 1.12. The Morgan fingerprint density at radius 3 is 2.43 bits per heavy atom. The Hall–Kier alpha value is -0.530. The van der Waals surface area contributed by atoms with Crippen molar-refractivity contribution < 1.29 is 0 Å². The minimum atomic E-state index is 1.02. The fraction of sp³-hybridized carbons (Fsp3) is 0.800. The minimum absolute atomic E-state index is 1.02. The summed E-state index contributed by atoms with van der Waals surface area (Å²) in [4.78, 5) is 0. The van der Waals surface area contributed by atoms with Crippen molar-refractivity contribution in [3.8, 4) is 0 Å². The van der Waals surface area contributed by atoms with Gasteiger partial charge >= 0.3 is 0 Å². The first-order chi connectivity index (χ1) is 3.31. The van der Waals surface area contributed by atoms with Gasteiger partial charge in [0.2, 0.25) is 0 Å². The molecule has 0 aromatic heterocycles. The summed E-state index contributed by atoms with van der Waals surface area (Å²) in [6.07, 6.45) is 2.16. The number of nitrogens with two attached hydrogens (primary N) is 1. The van der Waals surface area contributed by atoms with Gasteiger partial charge in [0.25, 0.3) is 0 Å². The van der Waals surface area contributed by atoms with Gasteiger partial charge in [0, 0.05) is 5.71 Å². The molecule has 0 heterocycles. The van der Waals surface area contributed by atoms with Crippen LogP contribution in [0.25, 0.3) is 0 Å². The van der Waals surface area contributed by atoms with Gasteiger partial charge in [-0.05, 0) is 13.3 Å². The van der Waals surface area contributed by atoms with Crippen molar-refractivity contribution in [2.24, 2.45) is 10.9 Å². The van der Waals surface area contributed by atoms with Gasteiger partial charge in [-0.3, -0.25) is 0 Å². The second kappa shape index (κ2) is 3.65. The summed E-state index contributed by atoms with van der Waals surface area (Å²) in [5.41, 5.74) is 1.03. The first-order valence-corrected chi connectivity index (χ1v) is 2.54. The molecule has 0 aromatic rings. The molecule has 0 radical (unpaired) electrons. The first kappa shape index (κ1) is 6.47. The SMILES string of the molecule is CCC/C(C)=N/N. The van der Waals surface area contributed by atoms with E-state index in [0.29, 0.717) is 0 Å². The number of hydrogen-bond donors (Lipinski definition) is 1. The van der Waals surface area contributed by atoms with Gasteiger partial charge in [-0.25, -0.2) is 0 Å². The van der Waals surface area contributed by atoms with Crippen LogP contribution in [0.4, 0.5) is 0 Å². The molecular weight excluding hydrogens is 88.1 g/mol. The summed E-state index contributed by atoms with van der Waals surface area (Å²) in [7, 11) is 0. The van der Waals surface area contributed by atoms with Crippen LogP contribution < -0.4 is 5.84 Å². The van der Waals surface area contributed by atoms with Gasteiger partial charge in [0.1, 0.15) is 0 Å². The minimum Gasteiger partial charge on any atom is -0.323 e. The molecule has 0 rings (SSSR count). The van der Waals surface area contributed by atoms with E-state index in [1.807, 2.05) is 6.92 Å². The number of hydrazone groups is 1. The third-order valence-electron chi connectivity index (χ3n) is 0.832. The van der Waals surface area contributed by atoms with E-state index in [1.54, 1.807) is 0 Å². The highest BCUT2D eigenvalue weighted by atomic mass is 15.1. The van der Waals surface area contributed by atoms with Crippen LogP contribution in [0.1, 0.15) is 26.7 Å². The van der Waals surface area contributed by atoms with E-state index in [2.05, 4.69) is 12.0 Å². The van der Waals surface area contributed by atoms with Crippen LogP contribution in [0.2, 0.25) is 0 Å². The molecule has 7 heavy (non-hydrogen) atoms. The highest BCUT2D eigenvalue weighted by Gasteiger charge is 1.82. The van der Waals surface area contributed by atoms with Gasteiger partial charge in [0.05, 0.1) is 0 Å². The fourth-order valence-corrected chi connectivity index (χ4v) is 0.426. The lowest BCUT2D eigenvalue weighted by Crippen LogP contribution is -1.93. The van der Waals surface area contributed by atoms with E-state index in [-0.39, 0.29) is 0 Å². The van der Waals surface area contributed by atoms with E-state index in [0.717, 1.165) is 18.6 Å². The van der Waals surface area contributed by atoms with E-state index in [9.17, 15) is 0 Å². The molecule has 0 saturated heterocycles. The van der Waals surface area contributed by atoms with Crippen molar-refractivity contribution in [3.63, 3.8) is 0 Å². The molecule has 0 saturated carbocycles. The van der Waals surface area contributed by atoms with Crippen LogP contribution in [0, 0.1) is 0 Å². The summed E-state index contributed by atoms with van der Waals surface area (Å²) in [5.74, 6) is 4.95. The maximum absolute atomic E-state index is 4.95. The largest absolute Gasteiger partial charge is 0.323 e. The molecule has 2 heteroatoms. The normalized spacial score (nSPS) is 12.0. The molecule has 0 aliphatic carbocycles. The highest BCUT2D eigenvalue weighted by molar-refractivity contribution is 5.81. The summed E-state index contributed by atoms with van der Waals surface area (Å²) in [6.45, 7) is 4.04. The van der Waals surface area contributed by atoms with Crippen LogP contribution in [0.3, 0.4) is 0 Å². The van der Waals surface area contributed by atoms with Crippen molar-refractivity contribution in [3.05, 3.63) is 0 Å². The first-order valence-electron chi connectivity index (χ1n) is 2.54. The molecule has 0 aromatic carbocycles. The van der Waals surface area contributed by atoms with Crippen LogP contribution in [0.5, 0.6) is 0 Å². The standard InChI is InChI=1S/C5H12N2/c1-3-4-5(2)7-6/h3-4,6H2,1-2H3/b7-5+. The zero-order valence-electron chi connectivity index (χ0n) is 4.94.